The number of anilines is 1. The Morgan fingerprint density at radius 3 is 2.48 bits per heavy atom. The minimum absolute atomic E-state index is 0.0701. The van der Waals surface area contributed by atoms with Gasteiger partial charge >= 0.3 is 0 Å². The first kappa shape index (κ1) is 12.4. The van der Waals surface area contributed by atoms with Crippen LogP contribution in [0, 0.1) is 11.8 Å². The second kappa shape index (κ2) is 4.87. The van der Waals surface area contributed by atoms with E-state index in [-0.39, 0.29) is 5.91 Å². The Labute approximate surface area is 122 Å². The third kappa shape index (κ3) is 2.16. The number of fused-ring (bicyclic) bond motifs is 1. The minimum atomic E-state index is 0.0701. The van der Waals surface area contributed by atoms with E-state index in [1.54, 1.807) is 24.7 Å². The topological polar surface area (TPSA) is 62.5 Å². The highest BCUT2D eigenvalue weighted by atomic mass is 16.3. The standard InChI is InChI=1S/C15H16N4O2/c20-14(11-2-5-21-10-11)18-6-12-8-19(9-13(12)7-18)15-16-3-1-4-17-15/h1-5,10,12-13H,6-9H2/t12-,13-/m0/s1. The van der Waals surface area contributed by atoms with E-state index in [9.17, 15) is 4.79 Å². The summed E-state index contributed by atoms with van der Waals surface area (Å²) in [5.74, 6) is 1.87. The van der Waals surface area contributed by atoms with Crippen LogP contribution in [0.3, 0.4) is 0 Å². The Hall–Kier alpha value is -2.37. The van der Waals surface area contributed by atoms with Crippen molar-refractivity contribution in [3.05, 3.63) is 42.6 Å². The first-order valence-electron chi connectivity index (χ1n) is 7.14. The van der Waals surface area contributed by atoms with Crippen LogP contribution < -0.4 is 4.90 Å². The molecule has 0 radical (unpaired) electrons. The Balaban J connectivity index is 1.43. The molecule has 0 unspecified atom stereocenters. The Morgan fingerprint density at radius 1 is 1.14 bits per heavy atom. The van der Waals surface area contributed by atoms with Crippen LogP contribution in [-0.2, 0) is 0 Å². The molecule has 0 spiro atoms. The number of nitrogens with zero attached hydrogens (tertiary/aromatic N) is 4. The Kier molecular flexibility index (Phi) is 2.87. The smallest absolute Gasteiger partial charge is 0.257 e. The molecule has 2 aromatic heterocycles. The third-order valence-electron chi connectivity index (χ3n) is 4.38. The van der Waals surface area contributed by atoms with Gasteiger partial charge in [-0.2, -0.15) is 0 Å². The fourth-order valence-electron chi connectivity index (χ4n) is 3.35. The number of hydrogen-bond donors (Lipinski definition) is 0. The largest absolute Gasteiger partial charge is 0.472 e. The van der Waals surface area contributed by atoms with Gasteiger partial charge in [0.1, 0.15) is 6.26 Å². The van der Waals surface area contributed by atoms with Gasteiger partial charge < -0.3 is 14.2 Å². The molecular formula is C15H16N4O2. The number of likely N-dealkylation sites (tertiary alicyclic amines) is 1. The summed E-state index contributed by atoms with van der Waals surface area (Å²) < 4.78 is 4.99. The average molecular weight is 284 g/mol. The van der Waals surface area contributed by atoms with E-state index in [2.05, 4.69) is 14.9 Å². The van der Waals surface area contributed by atoms with Crippen LogP contribution >= 0.6 is 0 Å². The molecule has 6 heteroatoms. The third-order valence-corrected chi connectivity index (χ3v) is 4.38. The van der Waals surface area contributed by atoms with Crippen LogP contribution in [0.4, 0.5) is 5.95 Å². The predicted octanol–water partition coefficient (Wildman–Crippen LogP) is 1.28. The maximum Gasteiger partial charge on any atom is 0.257 e. The van der Waals surface area contributed by atoms with Crippen LogP contribution in [0.15, 0.2) is 41.5 Å². The molecular weight excluding hydrogens is 268 g/mol. The van der Waals surface area contributed by atoms with Gasteiger partial charge in [-0.3, -0.25) is 4.79 Å². The molecule has 108 valence electrons. The predicted molar refractivity (Wildman–Crippen MR) is 75.8 cm³/mol. The summed E-state index contributed by atoms with van der Waals surface area (Å²) in [4.78, 5) is 25.1. The van der Waals surface area contributed by atoms with Gasteiger partial charge in [-0.15, -0.1) is 0 Å². The van der Waals surface area contributed by atoms with E-state index in [1.807, 2.05) is 11.0 Å². The Morgan fingerprint density at radius 2 is 1.86 bits per heavy atom. The lowest BCUT2D eigenvalue weighted by atomic mass is 10.0. The SMILES string of the molecule is O=C(c1ccoc1)N1C[C@H]2CN(c3ncccn3)C[C@@H]2C1. The van der Waals surface area contributed by atoms with Crippen molar-refractivity contribution in [2.24, 2.45) is 11.8 Å². The number of rotatable bonds is 2. The van der Waals surface area contributed by atoms with Crippen LogP contribution in [0.1, 0.15) is 10.4 Å². The zero-order valence-electron chi connectivity index (χ0n) is 11.6. The monoisotopic (exact) mass is 284 g/mol. The minimum Gasteiger partial charge on any atom is -0.472 e. The lowest BCUT2D eigenvalue weighted by Crippen LogP contribution is -2.33. The van der Waals surface area contributed by atoms with Gasteiger partial charge in [0.2, 0.25) is 5.95 Å². The Bertz CT molecular complexity index is 614. The van der Waals surface area contributed by atoms with Crippen molar-refractivity contribution in [1.29, 1.82) is 0 Å². The van der Waals surface area contributed by atoms with Crippen LogP contribution in [0.5, 0.6) is 0 Å². The lowest BCUT2D eigenvalue weighted by molar-refractivity contribution is 0.0782. The number of carbonyl (C=O) groups excluding carboxylic acids is 1. The van der Waals surface area contributed by atoms with Crippen LogP contribution in [-0.4, -0.2) is 47.0 Å². The summed E-state index contributed by atoms with van der Waals surface area (Å²) in [6.45, 7) is 3.45. The molecule has 4 rings (SSSR count). The van der Waals surface area contributed by atoms with Gasteiger partial charge in [0.05, 0.1) is 11.8 Å². The van der Waals surface area contributed by atoms with E-state index in [1.165, 1.54) is 6.26 Å². The van der Waals surface area contributed by atoms with E-state index in [0.29, 0.717) is 17.4 Å². The van der Waals surface area contributed by atoms with Crippen molar-refractivity contribution >= 4 is 11.9 Å². The van der Waals surface area contributed by atoms with Crippen LogP contribution in [0.25, 0.3) is 0 Å². The second-order valence-electron chi connectivity index (χ2n) is 5.70. The molecule has 0 aromatic carbocycles. The van der Waals surface area contributed by atoms with Gasteiger partial charge in [-0.25, -0.2) is 9.97 Å². The second-order valence-corrected chi connectivity index (χ2v) is 5.70. The molecule has 2 fully saturated rings. The molecule has 2 atom stereocenters. The van der Waals surface area contributed by atoms with Gasteiger partial charge in [0.25, 0.3) is 5.91 Å². The number of carbonyl (C=O) groups is 1. The summed E-state index contributed by atoms with van der Waals surface area (Å²) in [6.07, 6.45) is 6.59. The van der Waals surface area contributed by atoms with Gasteiger partial charge in [0.15, 0.2) is 0 Å². The summed E-state index contributed by atoms with van der Waals surface area (Å²) in [5, 5.41) is 0. The zero-order valence-corrected chi connectivity index (χ0v) is 11.6. The highest BCUT2D eigenvalue weighted by Crippen LogP contribution is 2.33. The van der Waals surface area contributed by atoms with Crippen molar-refractivity contribution < 1.29 is 9.21 Å². The summed E-state index contributed by atoms with van der Waals surface area (Å²) in [7, 11) is 0. The first-order valence-corrected chi connectivity index (χ1v) is 7.14. The van der Waals surface area contributed by atoms with E-state index < -0.39 is 0 Å². The molecule has 0 saturated carbocycles. The molecule has 0 bridgehead atoms. The number of hydrogen-bond acceptors (Lipinski definition) is 5. The molecule has 2 saturated heterocycles. The molecule has 2 aliphatic rings. The summed E-state index contributed by atoms with van der Waals surface area (Å²) in [6, 6.07) is 3.55. The van der Waals surface area contributed by atoms with Crippen molar-refractivity contribution in [2.75, 3.05) is 31.1 Å². The fourth-order valence-corrected chi connectivity index (χ4v) is 3.35. The maximum absolute atomic E-state index is 12.3. The molecule has 0 aliphatic carbocycles. The summed E-state index contributed by atoms with van der Waals surface area (Å²) >= 11 is 0. The number of amides is 1. The fraction of sp³-hybridized carbons (Fsp3) is 0.400. The van der Waals surface area contributed by atoms with Crippen molar-refractivity contribution in [1.82, 2.24) is 14.9 Å². The van der Waals surface area contributed by atoms with E-state index >= 15 is 0 Å². The maximum atomic E-state index is 12.3. The molecule has 4 heterocycles. The normalized spacial score (nSPS) is 24.4. The quantitative estimate of drug-likeness (QED) is 0.831. The molecule has 2 aromatic rings. The molecule has 1 amide bonds. The van der Waals surface area contributed by atoms with Gasteiger partial charge in [0, 0.05) is 50.4 Å². The van der Waals surface area contributed by atoms with Crippen LogP contribution in [0.2, 0.25) is 0 Å². The van der Waals surface area contributed by atoms with Crippen molar-refractivity contribution in [3.8, 4) is 0 Å². The van der Waals surface area contributed by atoms with Gasteiger partial charge in [-0.1, -0.05) is 0 Å². The highest BCUT2D eigenvalue weighted by Gasteiger charge is 2.42. The lowest BCUT2D eigenvalue weighted by Gasteiger charge is -2.21. The van der Waals surface area contributed by atoms with Crippen molar-refractivity contribution in [3.63, 3.8) is 0 Å². The average Bonchev–Trinajstić information content (AvgIpc) is 3.23. The van der Waals surface area contributed by atoms with Crippen molar-refractivity contribution in [2.45, 2.75) is 0 Å². The molecule has 2 aliphatic heterocycles. The van der Waals surface area contributed by atoms with E-state index in [4.69, 9.17) is 4.42 Å². The van der Waals surface area contributed by atoms with Gasteiger partial charge in [-0.05, 0) is 12.1 Å². The summed E-state index contributed by atoms with van der Waals surface area (Å²) in [5.41, 5.74) is 0.637. The highest BCUT2D eigenvalue weighted by molar-refractivity contribution is 5.94. The molecule has 0 N–H and O–H groups in total. The van der Waals surface area contributed by atoms with E-state index in [0.717, 1.165) is 32.1 Å². The zero-order chi connectivity index (χ0) is 14.2. The molecule has 6 nitrogen and oxygen atoms in total. The first-order chi connectivity index (χ1) is 10.3. The number of aromatic nitrogens is 2. The number of furan rings is 1. The molecule has 21 heavy (non-hydrogen) atoms.